The Morgan fingerprint density at radius 2 is 1.86 bits per heavy atom. The lowest BCUT2D eigenvalue weighted by atomic mass is 9.92. The van der Waals surface area contributed by atoms with Crippen molar-refractivity contribution < 1.29 is 23.7 Å². The first-order valence-electron chi connectivity index (χ1n) is 12.0. The standard InChI is InChI=1S/C27H33N3O5/c1-27(2,3)23-19-24(28-26(31)35-21-11-5-4-6-12-21)30(29-23)20-10-9-13-22(18-20)32-16-17-34-25-14-7-8-15-33-25/h4-6,9-13,18-19,25H,7-8,14-17H2,1-3H3,(H,28,31)/t25-/m1/s1. The average Bonchev–Trinajstić information content (AvgIpc) is 3.28. The Labute approximate surface area is 206 Å². The maximum Gasteiger partial charge on any atom is 0.418 e. The number of ether oxygens (including phenoxy) is 4. The molecule has 1 aliphatic rings. The van der Waals surface area contributed by atoms with Crippen LogP contribution in [0.1, 0.15) is 45.7 Å². The van der Waals surface area contributed by atoms with Gasteiger partial charge in [0.25, 0.3) is 0 Å². The zero-order chi connectivity index (χ0) is 24.7. The third kappa shape index (κ3) is 7.07. The summed E-state index contributed by atoms with van der Waals surface area (Å²) >= 11 is 0. The summed E-state index contributed by atoms with van der Waals surface area (Å²) in [5, 5.41) is 7.58. The van der Waals surface area contributed by atoms with Crippen LogP contribution in [0.15, 0.2) is 60.7 Å². The van der Waals surface area contributed by atoms with Gasteiger partial charge in [-0.2, -0.15) is 5.10 Å². The summed E-state index contributed by atoms with van der Waals surface area (Å²) in [5.74, 6) is 1.65. The van der Waals surface area contributed by atoms with Crippen LogP contribution in [0.25, 0.3) is 5.69 Å². The largest absolute Gasteiger partial charge is 0.491 e. The molecule has 1 saturated heterocycles. The smallest absolute Gasteiger partial charge is 0.418 e. The maximum atomic E-state index is 12.6. The lowest BCUT2D eigenvalue weighted by Gasteiger charge is -2.22. The highest BCUT2D eigenvalue weighted by Gasteiger charge is 2.22. The number of para-hydroxylation sites is 1. The Morgan fingerprint density at radius 1 is 1.06 bits per heavy atom. The van der Waals surface area contributed by atoms with Gasteiger partial charge in [-0.3, -0.25) is 5.32 Å². The molecule has 1 fully saturated rings. The highest BCUT2D eigenvalue weighted by Crippen LogP contribution is 2.28. The molecule has 8 heteroatoms. The summed E-state index contributed by atoms with van der Waals surface area (Å²) in [7, 11) is 0. The zero-order valence-electron chi connectivity index (χ0n) is 20.5. The van der Waals surface area contributed by atoms with E-state index in [2.05, 4.69) is 26.1 Å². The van der Waals surface area contributed by atoms with E-state index >= 15 is 0 Å². The Hall–Kier alpha value is -3.36. The predicted molar refractivity (Wildman–Crippen MR) is 133 cm³/mol. The molecule has 35 heavy (non-hydrogen) atoms. The van der Waals surface area contributed by atoms with Crippen LogP contribution in [0.5, 0.6) is 11.5 Å². The second-order valence-electron chi connectivity index (χ2n) is 9.42. The van der Waals surface area contributed by atoms with Gasteiger partial charge in [0.05, 0.1) is 18.0 Å². The number of amides is 1. The van der Waals surface area contributed by atoms with Crippen LogP contribution in [0.4, 0.5) is 10.6 Å². The minimum absolute atomic E-state index is 0.136. The molecular weight excluding hydrogens is 446 g/mol. The summed E-state index contributed by atoms with van der Waals surface area (Å²) in [4.78, 5) is 12.6. The Bertz CT molecular complexity index is 1100. The number of hydrogen-bond acceptors (Lipinski definition) is 6. The van der Waals surface area contributed by atoms with Gasteiger partial charge in [-0.05, 0) is 43.5 Å². The zero-order valence-corrected chi connectivity index (χ0v) is 20.5. The number of nitrogens with one attached hydrogen (secondary N) is 1. The third-order valence-electron chi connectivity index (χ3n) is 5.52. The topological polar surface area (TPSA) is 83.8 Å². The van der Waals surface area contributed by atoms with E-state index in [0.717, 1.165) is 37.3 Å². The van der Waals surface area contributed by atoms with Crippen molar-refractivity contribution in [3.05, 3.63) is 66.4 Å². The van der Waals surface area contributed by atoms with E-state index < -0.39 is 6.09 Å². The molecule has 1 aromatic heterocycles. The molecule has 2 heterocycles. The summed E-state index contributed by atoms with van der Waals surface area (Å²) in [6.45, 7) is 7.82. The average molecular weight is 480 g/mol. The minimum Gasteiger partial charge on any atom is -0.491 e. The van der Waals surface area contributed by atoms with Crippen LogP contribution in [0.3, 0.4) is 0 Å². The van der Waals surface area contributed by atoms with E-state index in [-0.39, 0.29) is 11.7 Å². The van der Waals surface area contributed by atoms with E-state index in [0.29, 0.717) is 30.5 Å². The van der Waals surface area contributed by atoms with Crippen molar-refractivity contribution in [3.8, 4) is 17.2 Å². The number of anilines is 1. The van der Waals surface area contributed by atoms with Gasteiger partial charge >= 0.3 is 6.09 Å². The van der Waals surface area contributed by atoms with Crippen molar-refractivity contribution >= 4 is 11.9 Å². The lowest BCUT2D eigenvalue weighted by Crippen LogP contribution is -2.24. The van der Waals surface area contributed by atoms with E-state index in [4.69, 9.17) is 24.0 Å². The monoisotopic (exact) mass is 479 g/mol. The number of hydrogen-bond donors (Lipinski definition) is 1. The molecule has 0 spiro atoms. The van der Waals surface area contributed by atoms with Crippen molar-refractivity contribution in [2.24, 2.45) is 0 Å². The molecule has 0 radical (unpaired) electrons. The second kappa shape index (κ2) is 11.4. The van der Waals surface area contributed by atoms with Crippen LogP contribution in [0, 0.1) is 0 Å². The highest BCUT2D eigenvalue weighted by molar-refractivity contribution is 5.85. The van der Waals surface area contributed by atoms with Gasteiger partial charge in [0.1, 0.15) is 23.9 Å². The number of carbonyl (C=O) groups is 1. The van der Waals surface area contributed by atoms with Crippen molar-refractivity contribution in [1.82, 2.24) is 9.78 Å². The third-order valence-corrected chi connectivity index (χ3v) is 5.52. The molecule has 1 atom stereocenters. The van der Waals surface area contributed by atoms with Crippen molar-refractivity contribution in [3.63, 3.8) is 0 Å². The van der Waals surface area contributed by atoms with Crippen LogP contribution in [-0.2, 0) is 14.9 Å². The van der Waals surface area contributed by atoms with Crippen molar-refractivity contribution in [2.75, 3.05) is 25.1 Å². The quantitative estimate of drug-likeness (QED) is 0.417. The maximum absolute atomic E-state index is 12.6. The Kier molecular flexibility index (Phi) is 8.05. The molecule has 1 N–H and O–H groups in total. The van der Waals surface area contributed by atoms with E-state index in [1.165, 1.54) is 0 Å². The van der Waals surface area contributed by atoms with E-state index in [1.54, 1.807) is 16.8 Å². The van der Waals surface area contributed by atoms with Gasteiger partial charge in [0.15, 0.2) is 6.29 Å². The van der Waals surface area contributed by atoms with Gasteiger partial charge in [0, 0.05) is 24.2 Å². The first kappa shape index (κ1) is 24.8. The van der Waals surface area contributed by atoms with E-state index in [1.807, 2.05) is 48.5 Å². The first-order chi connectivity index (χ1) is 16.9. The van der Waals surface area contributed by atoms with E-state index in [9.17, 15) is 4.79 Å². The number of rotatable bonds is 8. The fourth-order valence-electron chi connectivity index (χ4n) is 3.65. The van der Waals surface area contributed by atoms with Gasteiger partial charge < -0.3 is 18.9 Å². The predicted octanol–water partition coefficient (Wildman–Crippen LogP) is 5.70. The van der Waals surface area contributed by atoms with Crippen LogP contribution in [-0.4, -0.2) is 42.0 Å². The summed E-state index contributed by atoms with van der Waals surface area (Å²) in [5.41, 5.74) is 1.38. The van der Waals surface area contributed by atoms with Gasteiger partial charge in [0.2, 0.25) is 0 Å². The summed E-state index contributed by atoms with van der Waals surface area (Å²) in [6, 6.07) is 18.3. The Balaban J connectivity index is 1.45. The van der Waals surface area contributed by atoms with Crippen molar-refractivity contribution in [1.29, 1.82) is 0 Å². The molecule has 186 valence electrons. The molecule has 2 aromatic carbocycles. The summed E-state index contributed by atoms with van der Waals surface area (Å²) < 4.78 is 24.3. The molecule has 1 aliphatic heterocycles. The second-order valence-corrected chi connectivity index (χ2v) is 9.42. The SMILES string of the molecule is CC(C)(C)c1cc(NC(=O)Oc2ccccc2)n(-c2cccc(OCCO[C@@H]3CCCCO3)c2)n1. The highest BCUT2D eigenvalue weighted by atomic mass is 16.7. The molecule has 4 rings (SSSR count). The molecule has 0 saturated carbocycles. The fraction of sp³-hybridized carbons (Fsp3) is 0.407. The molecule has 8 nitrogen and oxygen atoms in total. The molecule has 3 aromatic rings. The normalized spacial score (nSPS) is 16.0. The number of carbonyl (C=O) groups excluding carboxylic acids is 1. The summed E-state index contributed by atoms with van der Waals surface area (Å²) in [6.07, 6.45) is 2.42. The van der Waals surface area contributed by atoms with Crippen LogP contribution < -0.4 is 14.8 Å². The lowest BCUT2D eigenvalue weighted by molar-refractivity contribution is -0.165. The number of benzene rings is 2. The fourth-order valence-corrected chi connectivity index (χ4v) is 3.65. The van der Waals surface area contributed by atoms with Crippen molar-refractivity contribution in [2.45, 2.75) is 51.7 Å². The Morgan fingerprint density at radius 3 is 2.60 bits per heavy atom. The van der Waals surface area contributed by atoms with Gasteiger partial charge in [-0.15, -0.1) is 0 Å². The molecule has 0 bridgehead atoms. The van der Waals surface area contributed by atoms with Crippen LogP contribution >= 0.6 is 0 Å². The molecule has 1 amide bonds. The minimum atomic E-state index is -0.590. The van der Waals surface area contributed by atoms with Gasteiger partial charge in [-0.1, -0.05) is 45.0 Å². The van der Waals surface area contributed by atoms with Gasteiger partial charge in [-0.25, -0.2) is 9.48 Å². The van der Waals surface area contributed by atoms with Crippen LogP contribution in [0.2, 0.25) is 0 Å². The molecular formula is C27H33N3O5. The first-order valence-corrected chi connectivity index (χ1v) is 12.0. The molecule has 0 unspecified atom stereocenters. The number of nitrogens with zero attached hydrogens (tertiary/aromatic N) is 2. The number of aromatic nitrogens is 2. The molecule has 0 aliphatic carbocycles.